The van der Waals surface area contributed by atoms with E-state index in [1.165, 1.54) is 23.5 Å². The third-order valence-corrected chi connectivity index (χ3v) is 7.72. The van der Waals surface area contributed by atoms with E-state index in [0.29, 0.717) is 18.1 Å². The molecule has 196 valence electrons. The van der Waals surface area contributed by atoms with Gasteiger partial charge < -0.3 is 5.32 Å². The quantitative estimate of drug-likeness (QED) is 0.346. The van der Waals surface area contributed by atoms with Crippen LogP contribution in [0.1, 0.15) is 49.8 Å². The van der Waals surface area contributed by atoms with E-state index in [-0.39, 0.29) is 11.5 Å². The molecule has 2 aromatic heterocycles. The van der Waals surface area contributed by atoms with E-state index in [0.717, 1.165) is 33.1 Å². The molecule has 6 nitrogen and oxygen atoms in total. The number of halogens is 3. The Bertz CT molecular complexity index is 1510. The summed E-state index contributed by atoms with van der Waals surface area (Å²) in [6.45, 7) is 5.96. The van der Waals surface area contributed by atoms with Gasteiger partial charge in [0, 0.05) is 27.4 Å². The Balaban J connectivity index is 1.64. The number of nitrogens with one attached hydrogen (secondary N) is 1. The molecule has 0 fully saturated rings. The summed E-state index contributed by atoms with van der Waals surface area (Å²) in [7, 11) is 0. The monoisotopic (exact) mass is 538 g/mol. The van der Waals surface area contributed by atoms with Gasteiger partial charge in [0.05, 0.1) is 22.9 Å². The molecule has 0 aliphatic carbocycles. The van der Waals surface area contributed by atoms with E-state index in [4.69, 9.17) is 5.10 Å². The molecule has 2 amide bonds. The highest BCUT2D eigenvalue weighted by molar-refractivity contribution is 7.12. The number of alkyl halides is 3. The van der Waals surface area contributed by atoms with Crippen LogP contribution in [-0.4, -0.2) is 34.2 Å². The lowest BCUT2D eigenvalue weighted by Gasteiger charge is -2.38. The van der Waals surface area contributed by atoms with Gasteiger partial charge in [-0.25, -0.2) is 4.68 Å². The molecule has 2 atom stereocenters. The SMILES string of the molecule is CCN1C(=O)C(NC(=O)c2cccc(C(F)(F)F)c2)[C@@H](c2ccc(C)s2)c2c(C)nn(-c3ccccc3)c21. The average Bonchev–Trinajstić information content (AvgIpc) is 3.48. The number of hydrogen-bond acceptors (Lipinski definition) is 4. The number of benzene rings is 2. The Morgan fingerprint density at radius 1 is 1.05 bits per heavy atom. The predicted octanol–water partition coefficient (Wildman–Crippen LogP) is 5.87. The number of fused-ring (bicyclic) bond motifs is 1. The smallest absolute Gasteiger partial charge is 0.339 e. The molecule has 1 aliphatic heterocycles. The van der Waals surface area contributed by atoms with Crippen LogP contribution in [0.3, 0.4) is 0 Å². The fourth-order valence-electron chi connectivity index (χ4n) is 4.92. The van der Waals surface area contributed by atoms with Gasteiger partial charge in [0.15, 0.2) is 0 Å². The maximum atomic E-state index is 14.0. The molecular formula is C28H25F3N4O2S. The van der Waals surface area contributed by atoms with Crippen LogP contribution in [0.4, 0.5) is 19.0 Å². The molecule has 0 saturated heterocycles. The maximum Gasteiger partial charge on any atom is 0.416 e. The minimum Gasteiger partial charge on any atom is -0.339 e. The summed E-state index contributed by atoms with van der Waals surface area (Å²) in [6.07, 6.45) is -4.59. The van der Waals surface area contributed by atoms with E-state index in [1.807, 2.05) is 63.2 Å². The highest BCUT2D eigenvalue weighted by atomic mass is 32.1. The average molecular weight is 539 g/mol. The fourth-order valence-corrected chi connectivity index (χ4v) is 5.95. The van der Waals surface area contributed by atoms with Crippen molar-refractivity contribution < 1.29 is 22.8 Å². The van der Waals surface area contributed by atoms with Crippen molar-refractivity contribution in [2.24, 2.45) is 0 Å². The topological polar surface area (TPSA) is 67.2 Å². The number of nitrogens with zero attached hydrogens (tertiary/aromatic N) is 3. The zero-order valence-corrected chi connectivity index (χ0v) is 21.7. The first-order valence-electron chi connectivity index (χ1n) is 12.1. The van der Waals surface area contributed by atoms with Crippen molar-refractivity contribution in [3.63, 3.8) is 0 Å². The Labute approximate surface area is 221 Å². The third-order valence-electron chi connectivity index (χ3n) is 6.64. The highest BCUT2D eigenvalue weighted by Crippen LogP contribution is 2.45. The number of rotatable bonds is 5. The summed E-state index contributed by atoms with van der Waals surface area (Å²) < 4.78 is 41.6. The minimum atomic E-state index is -4.59. The number of aromatic nitrogens is 2. The lowest BCUT2D eigenvalue weighted by atomic mass is 9.85. The van der Waals surface area contributed by atoms with E-state index in [2.05, 4.69) is 5.32 Å². The number of anilines is 1. The number of carbonyl (C=O) groups is 2. The van der Waals surface area contributed by atoms with E-state index < -0.39 is 29.6 Å². The normalized spacial score (nSPS) is 17.4. The van der Waals surface area contributed by atoms with Crippen molar-refractivity contribution >= 4 is 29.0 Å². The first kappa shape index (κ1) is 25.7. The number of amides is 2. The van der Waals surface area contributed by atoms with Crippen LogP contribution < -0.4 is 10.2 Å². The molecule has 4 aromatic rings. The third kappa shape index (κ3) is 4.49. The first-order valence-corrected chi connectivity index (χ1v) is 12.9. The van der Waals surface area contributed by atoms with Crippen molar-refractivity contribution in [1.29, 1.82) is 0 Å². The van der Waals surface area contributed by atoms with Crippen LogP contribution in [-0.2, 0) is 11.0 Å². The lowest BCUT2D eigenvalue weighted by Crippen LogP contribution is -2.55. The van der Waals surface area contributed by atoms with Crippen LogP contribution in [0, 0.1) is 13.8 Å². The van der Waals surface area contributed by atoms with Crippen LogP contribution in [0.15, 0.2) is 66.7 Å². The molecule has 38 heavy (non-hydrogen) atoms. The van der Waals surface area contributed by atoms with E-state index >= 15 is 0 Å². The number of thiophene rings is 1. The zero-order chi connectivity index (χ0) is 27.2. The van der Waals surface area contributed by atoms with Gasteiger partial charge in [-0.3, -0.25) is 14.5 Å². The summed E-state index contributed by atoms with van der Waals surface area (Å²) in [5, 5.41) is 7.55. The van der Waals surface area contributed by atoms with Gasteiger partial charge in [-0.15, -0.1) is 11.3 Å². The number of hydrogen-bond donors (Lipinski definition) is 1. The van der Waals surface area contributed by atoms with Gasteiger partial charge in [-0.05, 0) is 63.2 Å². The number of para-hydroxylation sites is 1. The van der Waals surface area contributed by atoms with Gasteiger partial charge in [0.25, 0.3) is 11.8 Å². The first-order chi connectivity index (χ1) is 18.1. The van der Waals surface area contributed by atoms with Crippen LogP contribution in [0.5, 0.6) is 0 Å². The van der Waals surface area contributed by atoms with Gasteiger partial charge in [0.2, 0.25) is 0 Å². The molecule has 0 spiro atoms. The second-order valence-electron chi connectivity index (χ2n) is 9.11. The molecule has 5 rings (SSSR count). The molecule has 10 heteroatoms. The van der Waals surface area contributed by atoms with Crippen molar-refractivity contribution in [2.75, 3.05) is 11.4 Å². The Hall–Kier alpha value is -3.92. The standard InChI is InChI=1S/C28H25F3N4O2S/c1-4-34-26-22(17(3)33-35(26)20-11-6-5-7-12-20)23(21-14-13-16(2)38-21)24(27(34)37)32-25(36)18-9-8-10-19(15-18)28(29,30)31/h5-15,23-24H,4H2,1-3H3,(H,32,36)/t23-,24?/m0/s1. The number of likely N-dealkylation sites (N-methyl/N-ethyl adjacent to an activating group) is 1. The van der Waals surface area contributed by atoms with Gasteiger partial charge >= 0.3 is 6.18 Å². The molecule has 1 unspecified atom stereocenters. The molecule has 0 saturated carbocycles. The maximum absolute atomic E-state index is 14.0. The Morgan fingerprint density at radius 3 is 2.42 bits per heavy atom. The summed E-state index contributed by atoms with van der Waals surface area (Å²) in [5.74, 6) is -1.04. The summed E-state index contributed by atoms with van der Waals surface area (Å²) in [5.41, 5.74) is 1.19. The van der Waals surface area contributed by atoms with Crippen molar-refractivity contribution in [3.05, 3.63) is 98.9 Å². The highest BCUT2D eigenvalue weighted by Gasteiger charge is 2.46. The van der Waals surface area contributed by atoms with Crippen molar-refractivity contribution in [3.8, 4) is 5.69 Å². The molecule has 3 heterocycles. The zero-order valence-electron chi connectivity index (χ0n) is 20.9. The number of aryl methyl sites for hydroxylation is 2. The lowest BCUT2D eigenvalue weighted by molar-refractivity contribution is -0.137. The van der Waals surface area contributed by atoms with Crippen LogP contribution in [0.2, 0.25) is 0 Å². The van der Waals surface area contributed by atoms with Gasteiger partial charge in [-0.1, -0.05) is 24.3 Å². The summed E-state index contributed by atoms with van der Waals surface area (Å²) in [6, 6.07) is 16.5. The van der Waals surface area contributed by atoms with Crippen molar-refractivity contribution in [1.82, 2.24) is 15.1 Å². The minimum absolute atomic E-state index is 0.167. The largest absolute Gasteiger partial charge is 0.416 e. The van der Waals surface area contributed by atoms with E-state index in [1.54, 1.807) is 9.58 Å². The molecular weight excluding hydrogens is 513 g/mol. The molecule has 1 N–H and O–H groups in total. The molecule has 2 aromatic carbocycles. The number of carbonyl (C=O) groups excluding carboxylic acids is 2. The molecule has 0 radical (unpaired) electrons. The van der Waals surface area contributed by atoms with Crippen LogP contribution in [0.25, 0.3) is 5.69 Å². The predicted molar refractivity (Wildman–Crippen MR) is 140 cm³/mol. The van der Waals surface area contributed by atoms with Gasteiger partial charge in [-0.2, -0.15) is 18.3 Å². The Morgan fingerprint density at radius 2 is 1.79 bits per heavy atom. The molecule has 0 bridgehead atoms. The Kier molecular flexibility index (Phi) is 6.60. The van der Waals surface area contributed by atoms with Crippen molar-refractivity contribution in [2.45, 2.75) is 38.9 Å². The summed E-state index contributed by atoms with van der Waals surface area (Å²) in [4.78, 5) is 30.7. The summed E-state index contributed by atoms with van der Waals surface area (Å²) >= 11 is 1.51. The van der Waals surface area contributed by atoms with Crippen LogP contribution >= 0.6 is 11.3 Å². The fraction of sp³-hybridized carbons (Fsp3) is 0.250. The molecule has 1 aliphatic rings. The second kappa shape index (κ2) is 9.75. The van der Waals surface area contributed by atoms with E-state index in [9.17, 15) is 22.8 Å². The second-order valence-corrected chi connectivity index (χ2v) is 10.4. The van der Waals surface area contributed by atoms with Gasteiger partial charge in [0.1, 0.15) is 11.9 Å².